The molecule has 0 spiro atoms. The Bertz CT molecular complexity index is 1300. The van der Waals surface area contributed by atoms with Crippen molar-refractivity contribution in [1.82, 2.24) is 4.90 Å². The van der Waals surface area contributed by atoms with Crippen LogP contribution in [-0.4, -0.2) is 43.1 Å². The summed E-state index contributed by atoms with van der Waals surface area (Å²) in [6.45, 7) is 2.19. The van der Waals surface area contributed by atoms with Gasteiger partial charge in [-0.1, -0.05) is 12.1 Å². The Morgan fingerprint density at radius 1 is 1.00 bits per heavy atom. The number of carbonyl (C=O) groups excluding carboxylic acids is 1. The van der Waals surface area contributed by atoms with Crippen molar-refractivity contribution in [3.05, 3.63) is 89.1 Å². The second kappa shape index (κ2) is 10.5. The van der Waals surface area contributed by atoms with Gasteiger partial charge in [0.05, 0.1) is 6.67 Å². The lowest BCUT2D eigenvalue weighted by molar-refractivity contribution is 0.104. The summed E-state index contributed by atoms with van der Waals surface area (Å²) < 4.78 is 39.0. The largest absolute Gasteiger partial charge is 0.489 e. The second-order valence-corrected chi connectivity index (χ2v) is 9.59. The number of hydrogen-bond donors (Lipinski definition) is 0. The Balaban J connectivity index is 1.33. The minimum Gasteiger partial charge on any atom is -0.489 e. The zero-order valence-corrected chi connectivity index (χ0v) is 19.9. The fourth-order valence-corrected chi connectivity index (χ4v) is 5.37. The molecule has 0 saturated carbocycles. The van der Waals surface area contributed by atoms with E-state index < -0.39 is 0 Å². The molecule has 3 aromatic carbocycles. The lowest BCUT2D eigenvalue weighted by Crippen LogP contribution is -2.26. The number of hydrogen-bond acceptors (Lipinski definition) is 5. The van der Waals surface area contributed by atoms with Gasteiger partial charge in [-0.15, -0.1) is 11.3 Å². The molecule has 1 aliphatic heterocycles. The van der Waals surface area contributed by atoms with Crippen LogP contribution in [0.1, 0.15) is 28.1 Å². The van der Waals surface area contributed by atoms with Crippen molar-refractivity contribution in [2.75, 3.05) is 26.3 Å². The summed E-state index contributed by atoms with van der Waals surface area (Å²) in [6.07, 6.45) is 1.56. The predicted molar refractivity (Wildman–Crippen MR) is 134 cm³/mol. The van der Waals surface area contributed by atoms with Gasteiger partial charge in [-0.05, 0) is 73.5 Å². The fraction of sp³-hybridized carbons (Fsp3) is 0.250. The number of rotatable bonds is 9. The fourth-order valence-electron chi connectivity index (χ4n) is 4.28. The monoisotopic (exact) mass is 493 g/mol. The first-order chi connectivity index (χ1) is 17.1. The van der Waals surface area contributed by atoms with Gasteiger partial charge in [-0.25, -0.2) is 4.39 Å². The van der Waals surface area contributed by atoms with Crippen LogP contribution in [0.15, 0.2) is 72.8 Å². The van der Waals surface area contributed by atoms with E-state index >= 15 is 0 Å². The van der Waals surface area contributed by atoms with E-state index in [1.807, 2.05) is 48.5 Å². The third kappa shape index (κ3) is 5.36. The van der Waals surface area contributed by atoms with Gasteiger partial charge in [-0.2, -0.15) is 0 Å². The molecule has 0 amide bonds. The molecule has 7 heteroatoms. The van der Waals surface area contributed by atoms with Crippen LogP contribution in [0.2, 0.25) is 0 Å². The van der Waals surface area contributed by atoms with Crippen LogP contribution in [0, 0.1) is 5.82 Å². The third-order valence-electron chi connectivity index (χ3n) is 6.05. The maximum absolute atomic E-state index is 13.4. The average molecular weight is 494 g/mol. The highest BCUT2D eigenvalue weighted by atomic mass is 32.1. The molecule has 35 heavy (non-hydrogen) atoms. The Morgan fingerprint density at radius 3 is 2.51 bits per heavy atom. The minimum atomic E-state index is -0.387. The molecule has 1 fully saturated rings. The number of ketones is 1. The van der Waals surface area contributed by atoms with Crippen LogP contribution in [0.3, 0.4) is 0 Å². The summed E-state index contributed by atoms with van der Waals surface area (Å²) in [7, 11) is 0. The predicted octanol–water partition coefficient (Wildman–Crippen LogP) is 6.88. The SMILES string of the molecule is O=C(c1ccc(F)cc1)c1sc2ccccc2c1Oc1ccc(OC2CCN(CCCF)C2)cc1. The number of fused-ring (bicyclic) bond motifs is 1. The molecule has 2 heterocycles. The van der Waals surface area contributed by atoms with Crippen molar-refractivity contribution in [2.24, 2.45) is 0 Å². The van der Waals surface area contributed by atoms with Gasteiger partial charge >= 0.3 is 0 Å². The molecule has 180 valence electrons. The van der Waals surface area contributed by atoms with Gasteiger partial charge < -0.3 is 9.47 Å². The van der Waals surface area contributed by atoms with E-state index in [9.17, 15) is 13.6 Å². The second-order valence-electron chi connectivity index (χ2n) is 8.54. The van der Waals surface area contributed by atoms with Gasteiger partial charge in [0.15, 0.2) is 5.75 Å². The lowest BCUT2D eigenvalue weighted by atomic mass is 10.1. The maximum atomic E-state index is 13.4. The topological polar surface area (TPSA) is 38.8 Å². The van der Waals surface area contributed by atoms with Gasteiger partial charge in [0.1, 0.15) is 28.3 Å². The Hall–Kier alpha value is -3.29. The van der Waals surface area contributed by atoms with E-state index in [4.69, 9.17) is 9.47 Å². The van der Waals surface area contributed by atoms with Crippen LogP contribution in [-0.2, 0) is 0 Å². The standard InChI is InChI=1S/C28H25F2NO3S/c29-15-3-16-31-17-14-23(18-31)33-21-10-12-22(13-11-21)34-27-24-4-1-2-5-25(24)35-28(27)26(32)19-6-8-20(30)9-7-19/h1-2,4-13,23H,3,14-18H2. The van der Waals surface area contributed by atoms with Gasteiger partial charge in [0.25, 0.3) is 0 Å². The highest BCUT2D eigenvalue weighted by Gasteiger charge is 2.24. The van der Waals surface area contributed by atoms with Crippen molar-refractivity contribution >= 4 is 27.2 Å². The van der Waals surface area contributed by atoms with Crippen molar-refractivity contribution in [1.29, 1.82) is 0 Å². The first-order valence-corrected chi connectivity index (χ1v) is 12.5. The number of ether oxygens (including phenoxy) is 2. The molecule has 0 bridgehead atoms. The zero-order chi connectivity index (χ0) is 24.2. The van der Waals surface area contributed by atoms with E-state index in [2.05, 4.69) is 4.90 Å². The molecule has 1 unspecified atom stereocenters. The summed E-state index contributed by atoms with van der Waals surface area (Å²) in [5.74, 6) is 1.23. The summed E-state index contributed by atoms with van der Waals surface area (Å²) in [5, 5.41) is 0.850. The first-order valence-electron chi connectivity index (χ1n) is 11.7. The van der Waals surface area contributed by atoms with Crippen LogP contribution in [0.25, 0.3) is 10.1 Å². The number of thiophene rings is 1. The summed E-state index contributed by atoms with van der Waals surface area (Å²) in [5.41, 5.74) is 0.406. The molecular weight excluding hydrogens is 468 g/mol. The van der Waals surface area contributed by atoms with Crippen LogP contribution in [0.4, 0.5) is 8.78 Å². The Kier molecular flexibility index (Phi) is 7.06. The van der Waals surface area contributed by atoms with Crippen LogP contribution >= 0.6 is 11.3 Å². The van der Waals surface area contributed by atoms with E-state index in [-0.39, 0.29) is 24.4 Å². The normalized spacial score (nSPS) is 16.0. The van der Waals surface area contributed by atoms with Crippen molar-refractivity contribution in [3.63, 3.8) is 0 Å². The van der Waals surface area contributed by atoms with Gasteiger partial charge in [0, 0.05) is 35.3 Å². The van der Waals surface area contributed by atoms with Crippen molar-refractivity contribution in [3.8, 4) is 17.2 Å². The van der Waals surface area contributed by atoms with Crippen LogP contribution in [0.5, 0.6) is 17.2 Å². The Labute approximate surface area is 206 Å². The smallest absolute Gasteiger partial charge is 0.206 e. The summed E-state index contributed by atoms with van der Waals surface area (Å²) >= 11 is 1.36. The van der Waals surface area contributed by atoms with E-state index in [0.29, 0.717) is 28.4 Å². The molecular formula is C28H25F2NO3S. The lowest BCUT2D eigenvalue weighted by Gasteiger charge is -2.16. The molecule has 0 N–H and O–H groups in total. The average Bonchev–Trinajstić information content (AvgIpc) is 3.48. The number of likely N-dealkylation sites (tertiary alicyclic amines) is 1. The van der Waals surface area contributed by atoms with E-state index in [1.54, 1.807) is 0 Å². The molecule has 0 aliphatic carbocycles. The van der Waals surface area contributed by atoms with Crippen molar-refractivity contribution < 1.29 is 23.0 Å². The number of halogens is 2. The number of benzene rings is 3. The molecule has 4 nitrogen and oxygen atoms in total. The first kappa shape index (κ1) is 23.5. The maximum Gasteiger partial charge on any atom is 0.206 e. The van der Waals surface area contributed by atoms with Crippen LogP contribution < -0.4 is 9.47 Å². The number of nitrogens with zero attached hydrogens (tertiary/aromatic N) is 1. The van der Waals surface area contributed by atoms with Crippen molar-refractivity contribution in [2.45, 2.75) is 18.9 Å². The molecule has 1 saturated heterocycles. The third-order valence-corrected chi connectivity index (χ3v) is 7.20. The van der Waals surface area contributed by atoms with E-state index in [1.165, 1.54) is 35.6 Å². The molecule has 5 rings (SSSR count). The molecule has 0 radical (unpaired) electrons. The van der Waals surface area contributed by atoms with E-state index in [0.717, 1.165) is 41.9 Å². The highest BCUT2D eigenvalue weighted by Crippen LogP contribution is 2.41. The minimum absolute atomic E-state index is 0.0853. The highest BCUT2D eigenvalue weighted by molar-refractivity contribution is 7.21. The summed E-state index contributed by atoms with van der Waals surface area (Å²) in [4.78, 5) is 15.9. The number of carbonyl (C=O) groups is 1. The molecule has 1 aromatic heterocycles. The molecule has 4 aromatic rings. The zero-order valence-electron chi connectivity index (χ0n) is 19.1. The molecule has 1 atom stereocenters. The quantitative estimate of drug-likeness (QED) is 0.238. The summed E-state index contributed by atoms with van der Waals surface area (Å²) in [6, 6.07) is 20.6. The van der Waals surface area contributed by atoms with Gasteiger partial charge in [0.2, 0.25) is 5.78 Å². The molecule has 1 aliphatic rings. The van der Waals surface area contributed by atoms with Gasteiger partial charge in [-0.3, -0.25) is 14.1 Å². The number of alkyl halides is 1. The Morgan fingerprint density at radius 2 is 1.74 bits per heavy atom.